The van der Waals surface area contributed by atoms with Crippen molar-refractivity contribution < 1.29 is 0 Å². The van der Waals surface area contributed by atoms with Gasteiger partial charge in [-0.2, -0.15) is 0 Å². The van der Waals surface area contributed by atoms with Gasteiger partial charge in [-0.25, -0.2) is 0 Å². The van der Waals surface area contributed by atoms with E-state index in [-0.39, 0.29) is 0 Å². The first kappa shape index (κ1) is 11.1. The summed E-state index contributed by atoms with van der Waals surface area (Å²) < 4.78 is 2.25. The zero-order chi connectivity index (χ0) is 12.5. The van der Waals surface area contributed by atoms with Crippen LogP contribution in [0.15, 0.2) is 60.8 Å². The Morgan fingerprint density at radius 2 is 1.67 bits per heavy atom. The maximum absolute atomic E-state index is 2.30. The molecule has 3 aromatic rings. The van der Waals surface area contributed by atoms with Crippen molar-refractivity contribution in [3.8, 4) is 5.69 Å². The summed E-state index contributed by atoms with van der Waals surface area (Å²) in [7, 11) is 0. The number of nitrogens with zero attached hydrogens (tertiary/aromatic N) is 1. The Balaban J connectivity index is 2.21. The minimum absolute atomic E-state index is 0.563. The van der Waals surface area contributed by atoms with Gasteiger partial charge in [0, 0.05) is 11.9 Å². The molecule has 3 rings (SSSR count). The molecule has 0 aliphatic carbocycles. The molecule has 1 aromatic heterocycles. The predicted molar refractivity (Wildman–Crippen MR) is 77.4 cm³/mol. The van der Waals surface area contributed by atoms with Gasteiger partial charge in [0.1, 0.15) is 0 Å². The van der Waals surface area contributed by atoms with E-state index in [1.54, 1.807) is 0 Å². The summed E-state index contributed by atoms with van der Waals surface area (Å²) in [5, 5.41) is 1.29. The van der Waals surface area contributed by atoms with Crippen LogP contribution >= 0.6 is 0 Å². The Bertz CT molecular complexity index is 662. The third-order valence-electron chi connectivity index (χ3n) is 3.42. The first-order valence-corrected chi connectivity index (χ1v) is 6.42. The number of aromatic nitrogens is 1. The summed E-state index contributed by atoms with van der Waals surface area (Å²) in [6, 6.07) is 19.4. The lowest BCUT2D eigenvalue weighted by Gasteiger charge is -2.08. The lowest BCUT2D eigenvalue weighted by Crippen LogP contribution is -1.93. The number of benzene rings is 2. The minimum Gasteiger partial charge on any atom is -0.317 e. The number of para-hydroxylation sites is 1. The van der Waals surface area contributed by atoms with Crippen LogP contribution in [0.5, 0.6) is 0 Å². The summed E-state index contributed by atoms with van der Waals surface area (Å²) in [5.74, 6) is 0.563. The summed E-state index contributed by atoms with van der Waals surface area (Å²) in [6.07, 6.45) is 2.14. The Hall–Kier alpha value is -2.02. The first-order valence-electron chi connectivity index (χ1n) is 6.42. The maximum Gasteiger partial charge on any atom is 0.0531 e. The highest BCUT2D eigenvalue weighted by molar-refractivity contribution is 5.82. The van der Waals surface area contributed by atoms with Gasteiger partial charge >= 0.3 is 0 Å². The van der Waals surface area contributed by atoms with E-state index >= 15 is 0 Å². The number of hydrogen-bond donors (Lipinski definition) is 0. The monoisotopic (exact) mass is 235 g/mol. The molecule has 1 heterocycles. The number of fused-ring (bicyclic) bond motifs is 1. The standard InChI is InChI=1S/C17H17N/c1-13(2)15-9-8-14-10-11-18(17(14)12-15)16-6-4-3-5-7-16/h3-13H,1-2H3. The van der Waals surface area contributed by atoms with Crippen LogP contribution < -0.4 is 0 Å². The van der Waals surface area contributed by atoms with Crippen molar-refractivity contribution in [3.63, 3.8) is 0 Å². The van der Waals surface area contributed by atoms with E-state index in [2.05, 4.69) is 79.2 Å². The van der Waals surface area contributed by atoms with Gasteiger partial charge in [-0.15, -0.1) is 0 Å². The van der Waals surface area contributed by atoms with Crippen LogP contribution in [-0.2, 0) is 0 Å². The quantitative estimate of drug-likeness (QED) is 0.604. The molecule has 0 fully saturated rings. The van der Waals surface area contributed by atoms with Crippen molar-refractivity contribution >= 4 is 10.9 Å². The fourth-order valence-corrected chi connectivity index (χ4v) is 2.32. The molecule has 0 spiro atoms. The topological polar surface area (TPSA) is 4.93 Å². The van der Waals surface area contributed by atoms with Crippen LogP contribution in [0.25, 0.3) is 16.6 Å². The normalized spacial score (nSPS) is 11.3. The molecule has 0 aliphatic heterocycles. The lowest BCUT2D eigenvalue weighted by atomic mass is 10.0. The van der Waals surface area contributed by atoms with Crippen molar-refractivity contribution in [2.24, 2.45) is 0 Å². The van der Waals surface area contributed by atoms with E-state index in [4.69, 9.17) is 0 Å². The van der Waals surface area contributed by atoms with Gasteiger partial charge in [0.25, 0.3) is 0 Å². The van der Waals surface area contributed by atoms with Crippen LogP contribution in [-0.4, -0.2) is 4.57 Å². The van der Waals surface area contributed by atoms with Gasteiger partial charge in [0.15, 0.2) is 0 Å². The third-order valence-corrected chi connectivity index (χ3v) is 3.42. The summed E-state index contributed by atoms with van der Waals surface area (Å²) in [6.45, 7) is 4.47. The van der Waals surface area contributed by atoms with Gasteiger partial charge in [0.05, 0.1) is 5.52 Å². The Morgan fingerprint density at radius 1 is 0.889 bits per heavy atom. The first-order chi connectivity index (χ1) is 8.75. The van der Waals surface area contributed by atoms with Crippen molar-refractivity contribution in [1.82, 2.24) is 4.57 Å². The molecule has 90 valence electrons. The molecule has 0 radical (unpaired) electrons. The molecule has 0 N–H and O–H groups in total. The van der Waals surface area contributed by atoms with Crippen LogP contribution in [0, 0.1) is 0 Å². The van der Waals surface area contributed by atoms with E-state index in [0.29, 0.717) is 5.92 Å². The molecule has 1 nitrogen and oxygen atoms in total. The summed E-state index contributed by atoms with van der Waals surface area (Å²) in [5.41, 5.74) is 3.89. The van der Waals surface area contributed by atoms with Crippen LogP contribution in [0.3, 0.4) is 0 Å². The van der Waals surface area contributed by atoms with Crippen LogP contribution in [0.1, 0.15) is 25.3 Å². The number of hydrogen-bond acceptors (Lipinski definition) is 0. The number of rotatable bonds is 2. The second-order valence-electron chi connectivity index (χ2n) is 4.99. The summed E-state index contributed by atoms with van der Waals surface area (Å²) in [4.78, 5) is 0. The van der Waals surface area contributed by atoms with E-state index in [1.165, 1.54) is 22.2 Å². The molecule has 0 unspecified atom stereocenters. The lowest BCUT2D eigenvalue weighted by molar-refractivity contribution is 0.867. The minimum atomic E-state index is 0.563. The van der Waals surface area contributed by atoms with Gasteiger partial charge < -0.3 is 4.57 Å². The molecule has 18 heavy (non-hydrogen) atoms. The largest absolute Gasteiger partial charge is 0.317 e. The van der Waals surface area contributed by atoms with Crippen molar-refractivity contribution in [3.05, 3.63) is 66.4 Å². The second kappa shape index (κ2) is 4.34. The van der Waals surface area contributed by atoms with Gasteiger partial charge in [-0.3, -0.25) is 0 Å². The molecular weight excluding hydrogens is 218 g/mol. The van der Waals surface area contributed by atoms with Crippen molar-refractivity contribution in [1.29, 1.82) is 0 Å². The van der Waals surface area contributed by atoms with E-state index in [1.807, 2.05) is 0 Å². The highest BCUT2D eigenvalue weighted by atomic mass is 15.0. The average Bonchev–Trinajstić information content (AvgIpc) is 2.82. The van der Waals surface area contributed by atoms with E-state index < -0.39 is 0 Å². The third kappa shape index (κ3) is 1.82. The highest BCUT2D eigenvalue weighted by Crippen LogP contribution is 2.24. The van der Waals surface area contributed by atoms with Crippen LogP contribution in [0.4, 0.5) is 0 Å². The van der Waals surface area contributed by atoms with E-state index in [9.17, 15) is 0 Å². The fourth-order valence-electron chi connectivity index (χ4n) is 2.32. The smallest absolute Gasteiger partial charge is 0.0531 e. The second-order valence-corrected chi connectivity index (χ2v) is 4.99. The van der Waals surface area contributed by atoms with Gasteiger partial charge in [-0.05, 0) is 41.1 Å². The van der Waals surface area contributed by atoms with Crippen molar-refractivity contribution in [2.45, 2.75) is 19.8 Å². The molecule has 2 aromatic carbocycles. The average molecular weight is 235 g/mol. The van der Waals surface area contributed by atoms with Crippen LogP contribution in [0.2, 0.25) is 0 Å². The summed E-state index contributed by atoms with van der Waals surface area (Å²) >= 11 is 0. The zero-order valence-electron chi connectivity index (χ0n) is 10.8. The molecule has 0 atom stereocenters. The maximum atomic E-state index is 2.30. The zero-order valence-corrected chi connectivity index (χ0v) is 10.8. The molecule has 1 heteroatoms. The Morgan fingerprint density at radius 3 is 2.39 bits per heavy atom. The van der Waals surface area contributed by atoms with Gasteiger partial charge in [0.2, 0.25) is 0 Å². The van der Waals surface area contributed by atoms with E-state index in [0.717, 1.165) is 0 Å². The molecule has 0 bridgehead atoms. The van der Waals surface area contributed by atoms with Gasteiger partial charge in [-0.1, -0.05) is 44.2 Å². The fraction of sp³-hybridized carbons (Fsp3) is 0.176. The molecule has 0 saturated carbocycles. The Kier molecular flexibility index (Phi) is 2.67. The molecule has 0 amide bonds. The molecular formula is C17H17N. The SMILES string of the molecule is CC(C)c1ccc2ccn(-c3ccccc3)c2c1. The highest BCUT2D eigenvalue weighted by Gasteiger charge is 2.05. The molecule has 0 saturated heterocycles. The van der Waals surface area contributed by atoms with Crippen molar-refractivity contribution in [2.75, 3.05) is 0 Å². The molecule has 0 aliphatic rings. The predicted octanol–water partition coefficient (Wildman–Crippen LogP) is 4.75. The Labute approximate surface area is 108 Å².